The van der Waals surface area contributed by atoms with Gasteiger partial charge in [0.05, 0.1) is 11.2 Å². The number of fused-ring (bicyclic) bond motifs is 3. The lowest BCUT2D eigenvalue weighted by Gasteiger charge is -2.32. The summed E-state index contributed by atoms with van der Waals surface area (Å²) in [6, 6.07) is 26.7. The average Bonchev–Trinajstić information content (AvgIpc) is 3.10. The first-order chi connectivity index (χ1) is 13.7. The molecule has 3 aromatic carbocycles. The standard InChI is InChI=1S/C25H27BO2Si/c1-24(2)25(3,4)28-26(27-24)18-15-16-21-20-13-9-10-14-22(20)29(5,23(21)17-18)19-11-7-6-8-12-19/h6-17H,1-5H3. The fraction of sp³-hybridized carbons (Fsp3) is 0.280. The Kier molecular flexibility index (Phi) is 4.02. The first-order valence-electron chi connectivity index (χ1n) is 10.4. The maximum atomic E-state index is 6.35. The maximum absolute atomic E-state index is 6.35. The second-order valence-electron chi connectivity index (χ2n) is 9.43. The zero-order valence-electron chi connectivity index (χ0n) is 17.8. The van der Waals surface area contributed by atoms with Gasteiger partial charge in [0.2, 0.25) is 0 Å². The Bertz CT molecular complexity index is 1080. The van der Waals surface area contributed by atoms with E-state index >= 15 is 0 Å². The SMILES string of the molecule is CC1(C)OB(c2ccc3c(c2)[Si](C)(c2ccccc2)c2ccccc2-3)OC1(C)C. The molecule has 4 heteroatoms. The van der Waals surface area contributed by atoms with E-state index in [1.54, 1.807) is 0 Å². The first-order valence-corrected chi connectivity index (χ1v) is 12.9. The van der Waals surface area contributed by atoms with Crippen LogP contribution in [0.15, 0.2) is 72.8 Å². The van der Waals surface area contributed by atoms with Crippen molar-refractivity contribution in [1.29, 1.82) is 0 Å². The molecule has 0 aliphatic carbocycles. The topological polar surface area (TPSA) is 18.5 Å². The Morgan fingerprint density at radius 1 is 0.690 bits per heavy atom. The third-order valence-corrected chi connectivity index (χ3v) is 11.7. The highest BCUT2D eigenvalue weighted by atomic mass is 28.3. The zero-order valence-corrected chi connectivity index (χ0v) is 18.8. The molecule has 2 heterocycles. The number of hydrogen-bond acceptors (Lipinski definition) is 2. The van der Waals surface area contributed by atoms with E-state index in [1.807, 2.05) is 0 Å². The van der Waals surface area contributed by atoms with Gasteiger partial charge in [0.1, 0.15) is 8.07 Å². The minimum absolute atomic E-state index is 0.331. The summed E-state index contributed by atoms with van der Waals surface area (Å²) in [6.45, 7) is 10.9. The molecule has 2 aliphatic heterocycles. The lowest BCUT2D eigenvalue weighted by atomic mass is 9.78. The molecule has 5 rings (SSSR count). The van der Waals surface area contributed by atoms with Gasteiger partial charge in [0, 0.05) is 0 Å². The van der Waals surface area contributed by atoms with Gasteiger partial charge >= 0.3 is 7.12 Å². The molecule has 0 aromatic heterocycles. The normalized spacial score (nSPS) is 23.7. The zero-order chi connectivity index (χ0) is 20.4. The Labute approximate surface area is 175 Å². The monoisotopic (exact) mass is 398 g/mol. The lowest BCUT2D eigenvalue weighted by Crippen LogP contribution is -2.62. The van der Waals surface area contributed by atoms with Gasteiger partial charge in [0.25, 0.3) is 0 Å². The van der Waals surface area contributed by atoms with Crippen molar-refractivity contribution in [3.63, 3.8) is 0 Å². The minimum Gasteiger partial charge on any atom is -0.399 e. The van der Waals surface area contributed by atoms with Gasteiger partial charge in [0.15, 0.2) is 0 Å². The third-order valence-electron chi connectivity index (χ3n) is 7.21. The van der Waals surface area contributed by atoms with Crippen LogP contribution < -0.4 is 21.0 Å². The quantitative estimate of drug-likeness (QED) is 0.618. The molecular weight excluding hydrogens is 371 g/mol. The fourth-order valence-electron chi connectivity index (χ4n) is 4.72. The second kappa shape index (κ2) is 6.18. The van der Waals surface area contributed by atoms with Gasteiger partial charge < -0.3 is 9.31 Å². The average molecular weight is 398 g/mol. The molecular formula is C25H27BO2Si. The van der Waals surface area contributed by atoms with Crippen molar-refractivity contribution in [1.82, 2.24) is 0 Å². The third kappa shape index (κ3) is 2.63. The summed E-state index contributed by atoms with van der Waals surface area (Å²) in [7, 11) is -2.40. The summed E-state index contributed by atoms with van der Waals surface area (Å²) in [6.07, 6.45) is 0. The Hall–Kier alpha value is -2.14. The number of rotatable bonds is 2. The predicted octanol–water partition coefficient (Wildman–Crippen LogP) is 3.07. The minimum atomic E-state index is -2.07. The molecule has 29 heavy (non-hydrogen) atoms. The molecule has 1 atom stereocenters. The molecule has 1 unspecified atom stereocenters. The molecule has 0 saturated carbocycles. The molecule has 0 radical (unpaired) electrons. The second-order valence-corrected chi connectivity index (χ2v) is 13.3. The largest absolute Gasteiger partial charge is 0.494 e. The summed E-state index contributed by atoms with van der Waals surface area (Å²) >= 11 is 0. The van der Waals surface area contributed by atoms with Crippen molar-refractivity contribution in [2.75, 3.05) is 0 Å². The van der Waals surface area contributed by atoms with Crippen LogP contribution in [0.1, 0.15) is 27.7 Å². The van der Waals surface area contributed by atoms with Crippen molar-refractivity contribution < 1.29 is 9.31 Å². The van der Waals surface area contributed by atoms with Crippen LogP contribution in [0.3, 0.4) is 0 Å². The van der Waals surface area contributed by atoms with Gasteiger partial charge in [-0.05, 0) is 59.8 Å². The fourth-order valence-corrected chi connectivity index (χ4v) is 8.89. The lowest BCUT2D eigenvalue weighted by molar-refractivity contribution is 0.00578. The van der Waals surface area contributed by atoms with Crippen LogP contribution in [0.4, 0.5) is 0 Å². The number of hydrogen-bond donors (Lipinski definition) is 0. The van der Waals surface area contributed by atoms with E-state index in [4.69, 9.17) is 9.31 Å². The predicted molar refractivity (Wildman–Crippen MR) is 125 cm³/mol. The van der Waals surface area contributed by atoms with E-state index < -0.39 is 8.07 Å². The van der Waals surface area contributed by atoms with Gasteiger partial charge in [-0.3, -0.25) is 0 Å². The van der Waals surface area contributed by atoms with Crippen LogP contribution in [0.5, 0.6) is 0 Å². The van der Waals surface area contributed by atoms with Gasteiger partial charge in [-0.25, -0.2) is 0 Å². The van der Waals surface area contributed by atoms with Crippen molar-refractivity contribution >= 4 is 36.2 Å². The first kappa shape index (κ1) is 18.9. The van der Waals surface area contributed by atoms with E-state index in [0.29, 0.717) is 0 Å². The van der Waals surface area contributed by atoms with Crippen LogP contribution in [0, 0.1) is 0 Å². The van der Waals surface area contributed by atoms with Crippen LogP contribution in [0.25, 0.3) is 11.1 Å². The van der Waals surface area contributed by atoms with Crippen LogP contribution in [-0.2, 0) is 9.31 Å². The Balaban J connectivity index is 1.68. The highest BCUT2D eigenvalue weighted by molar-refractivity contribution is 7.13. The molecule has 1 fully saturated rings. The van der Waals surface area contributed by atoms with E-state index in [-0.39, 0.29) is 18.3 Å². The van der Waals surface area contributed by atoms with Gasteiger partial charge in [-0.2, -0.15) is 0 Å². The van der Waals surface area contributed by atoms with E-state index in [0.717, 1.165) is 5.46 Å². The molecule has 0 bridgehead atoms. The Morgan fingerprint density at radius 3 is 1.97 bits per heavy atom. The summed E-state index contributed by atoms with van der Waals surface area (Å²) in [5.74, 6) is 0. The van der Waals surface area contributed by atoms with Crippen LogP contribution in [-0.4, -0.2) is 26.4 Å². The highest BCUT2D eigenvalue weighted by Crippen LogP contribution is 2.37. The van der Waals surface area contributed by atoms with Gasteiger partial charge in [-0.15, -0.1) is 0 Å². The summed E-state index contributed by atoms with van der Waals surface area (Å²) in [5.41, 5.74) is 3.18. The molecule has 0 N–H and O–H groups in total. The van der Waals surface area contributed by atoms with Crippen molar-refractivity contribution in [3.8, 4) is 11.1 Å². The molecule has 0 spiro atoms. The Morgan fingerprint density at radius 2 is 1.28 bits per heavy atom. The van der Waals surface area contributed by atoms with E-state index in [9.17, 15) is 0 Å². The van der Waals surface area contributed by atoms with Crippen LogP contribution >= 0.6 is 0 Å². The molecule has 2 aliphatic rings. The van der Waals surface area contributed by atoms with Crippen molar-refractivity contribution in [3.05, 3.63) is 72.8 Å². The maximum Gasteiger partial charge on any atom is 0.494 e. The summed E-state index contributed by atoms with van der Waals surface area (Å²) < 4.78 is 12.7. The van der Waals surface area contributed by atoms with Crippen molar-refractivity contribution in [2.45, 2.75) is 45.4 Å². The highest BCUT2D eigenvalue weighted by Gasteiger charge is 2.52. The molecule has 146 valence electrons. The number of benzene rings is 3. The molecule has 1 saturated heterocycles. The molecule has 3 aromatic rings. The molecule has 0 amide bonds. The van der Waals surface area contributed by atoms with Crippen LogP contribution in [0.2, 0.25) is 6.55 Å². The molecule has 2 nitrogen and oxygen atoms in total. The van der Waals surface area contributed by atoms with E-state index in [2.05, 4.69) is 107 Å². The smallest absolute Gasteiger partial charge is 0.399 e. The van der Waals surface area contributed by atoms with Gasteiger partial charge in [-0.1, -0.05) is 79.3 Å². The van der Waals surface area contributed by atoms with E-state index in [1.165, 1.54) is 26.7 Å². The van der Waals surface area contributed by atoms with Crippen molar-refractivity contribution in [2.24, 2.45) is 0 Å². The summed E-state index contributed by atoms with van der Waals surface area (Å²) in [5, 5.41) is 4.39. The summed E-state index contributed by atoms with van der Waals surface area (Å²) in [4.78, 5) is 0.